The first-order chi connectivity index (χ1) is 8.85. The van der Waals surface area contributed by atoms with Crippen LogP contribution in [0.5, 0.6) is 5.75 Å². The van der Waals surface area contributed by atoms with Gasteiger partial charge >= 0.3 is 0 Å². The van der Waals surface area contributed by atoms with Crippen LogP contribution in [0.2, 0.25) is 0 Å². The molecular weight excluding hydrogens is 224 g/mol. The fraction of sp³-hybridized carbons (Fsp3) is 0.500. The van der Waals surface area contributed by atoms with Gasteiger partial charge in [-0.3, -0.25) is 0 Å². The molecule has 0 radical (unpaired) electrons. The number of benzene rings is 1. The average molecular weight is 244 g/mol. The maximum absolute atomic E-state index is 8.98. The van der Waals surface area contributed by atoms with Gasteiger partial charge in [0.2, 0.25) is 0 Å². The molecule has 3 unspecified atom stereocenters. The Hall–Kier alpha value is -1.28. The van der Waals surface area contributed by atoms with Crippen molar-refractivity contribution in [3.63, 3.8) is 0 Å². The molecule has 3 rings (SSSR count). The van der Waals surface area contributed by atoms with Crippen LogP contribution >= 0.6 is 0 Å². The van der Waals surface area contributed by atoms with E-state index in [0.717, 1.165) is 29.8 Å². The summed E-state index contributed by atoms with van der Waals surface area (Å²) < 4.78 is 5.85. The van der Waals surface area contributed by atoms with E-state index in [1.54, 1.807) is 0 Å². The number of hydrogen-bond acceptors (Lipinski definition) is 2. The van der Waals surface area contributed by atoms with Gasteiger partial charge in [0.25, 0.3) is 0 Å². The molecule has 1 saturated carbocycles. The molecule has 96 valence electrons. The Morgan fingerprint density at radius 1 is 1.06 bits per heavy atom. The van der Waals surface area contributed by atoms with Crippen LogP contribution in [-0.2, 0) is 6.61 Å². The molecule has 0 aromatic heterocycles. The number of allylic oxidation sites excluding steroid dienone is 2. The van der Waals surface area contributed by atoms with Crippen molar-refractivity contribution in [3.05, 3.63) is 42.0 Å². The Kier molecular flexibility index (Phi) is 3.37. The van der Waals surface area contributed by atoms with Gasteiger partial charge in [0, 0.05) is 0 Å². The Bertz CT molecular complexity index is 421. The maximum atomic E-state index is 8.98. The van der Waals surface area contributed by atoms with Crippen molar-refractivity contribution >= 4 is 0 Å². The first kappa shape index (κ1) is 11.8. The van der Waals surface area contributed by atoms with E-state index in [-0.39, 0.29) is 6.61 Å². The Morgan fingerprint density at radius 3 is 2.44 bits per heavy atom. The van der Waals surface area contributed by atoms with Gasteiger partial charge in [-0.25, -0.2) is 0 Å². The Balaban J connectivity index is 1.49. The van der Waals surface area contributed by atoms with Crippen LogP contribution in [0.4, 0.5) is 0 Å². The Morgan fingerprint density at radius 2 is 1.83 bits per heavy atom. The highest BCUT2D eigenvalue weighted by Gasteiger charge is 2.32. The molecular formula is C16H20O2. The van der Waals surface area contributed by atoms with Gasteiger partial charge in [-0.1, -0.05) is 24.3 Å². The zero-order chi connectivity index (χ0) is 12.4. The topological polar surface area (TPSA) is 29.5 Å². The number of aliphatic hydroxyl groups is 1. The van der Waals surface area contributed by atoms with E-state index < -0.39 is 0 Å². The van der Waals surface area contributed by atoms with E-state index in [2.05, 4.69) is 12.2 Å². The third-order valence-corrected chi connectivity index (χ3v) is 4.26. The second-order valence-corrected chi connectivity index (χ2v) is 5.50. The summed E-state index contributed by atoms with van der Waals surface area (Å²) >= 11 is 0. The lowest BCUT2D eigenvalue weighted by Crippen LogP contribution is -2.30. The number of fused-ring (bicyclic) bond motifs is 1. The van der Waals surface area contributed by atoms with Crippen LogP contribution in [0.15, 0.2) is 36.4 Å². The SMILES string of the molecule is OCc1ccc(OCC2CCC3C=CC3C2)cc1. The van der Waals surface area contributed by atoms with Gasteiger partial charge in [-0.15, -0.1) is 0 Å². The van der Waals surface area contributed by atoms with Crippen molar-refractivity contribution in [2.24, 2.45) is 17.8 Å². The van der Waals surface area contributed by atoms with E-state index in [1.165, 1.54) is 19.3 Å². The minimum atomic E-state index is 0.0955. The predicted molar refractivity (Wildman–Crippen MR) is 71.3 cm³/mol. The molecule has 0 bridgehead atoms. The van der Waals surface area contributed by atoms with Crippen LogP contribution in [0.1, 0.15) is 24.8 Å². The summed E-state index contributed by atoms with van der Waals surface area (Å²) in [4.78, 5) is 0. The molecule has 3 atom stereocenters. The molecule has 1 aromatic carbocycles. The molecule has 0 heterocycles. The number of rotatable bonds is 4. The van der Waals surface area contributed by atoms with Crippen molar-refractivity contribution in [1.82, 2.24) is 0 Å². The van der Waals surface area contributed by atoms with E-state index in [1.807, 2.05) is 24.3 Å². The predicted octanol–water partition coefficient (Wildman–Crippen LogP) is 3.16. The number of aliphatic hydroxyl groups excluding tert-OH is 1. The van der Waals surface area contributed by atoms with Crippen molar-refractivity contribution in [3.8, 4) is 5.75 Å². The summed E-state index contributed by atoms with van der Waals surface area (Å²) in [6.07, 6.45) is 8.62. The van der Waals surface area contributed by atoms with Crippen molar-refractivity contribution in [2.45, 2.75) is 25.9 Å². The molecule has 0 saturated heterocycles. The molecule has 2 aliphatic rings. The second kappa shape index (κ2) is 5.15. The standard InChI is InChI=1S/C16H20O2/c17-10-12-2-7-16(8-3-12)18-11-13-1-4-14-5-6-15(14)9-13/h2-3,5-8,13-15,17H,1,4,9-11H2. The minimum absolute atomic E-state index is 0.0955. The molecule has 2 aliphatic carbocycles. The zero-order valence-corrected chi connectivity index (χ0v) is 10.6. The molecule has 1 aromatic rings. The Labute approximate surface area is 108 Å². The van der Waals surface area contributed by atoms with Gasteiger partial charge in [-0.2, -0.15) is 0 Å². The molecule has 1 N–H and O–H groups in total. The summed E-state index contributed by atoms with van der Waals surface area (Å²) in [6.45, 7) is 0.924. The van der Waals surface area contributed by atoms with E-state index in [0.29, 0.717) is 5.92 Å². The number of hydrogen-bond donors (Lipinski definition) is 1. The van der Waals surface area contributed by atoms with Gasteiger partial charge in [-0.05, 0) is 54.7 Å². The molecule has 2 heteroatoms. The lowest BCUT2D eigenvalue weighted by molar-refractivity contribution is 0.158. The summed E-state index contributed by atoms with van der Waals surface area (Å²) in [5.74, 6) is 3.31. The summed E-state index contributed by atoms with van der Waals surface area (Å²) in [6, 6.07) is 7.72. The highest BCUT2D eigenvalue weighted by atomic mass is 16.5. The van der Waals surface area contributed by atoms with Crippen LogP contribution in [-0.4, -0.2) is 11.7 Å². The molecule has 1 fully saturated rings. The quantitative estimate of drug-likeness (QED) is 0.824. The summed E-state index contributed by atoms with van der Waals surface area (Å²) in [7, 11) is 0. The monoisotopic (exact) mass is 244 g/mol. The fourth-order valence-corrected chi connectivity index (χ4v) is 2.98. The average Bonchev–Trinajstić information content (AvgIpc) is 2.39. The van der Waals surface area contributed by atoms with Crippen molar-refractivity contribution in [2.75, 3.05) is 6.61 Å². The van der Waals surface area contributed by atoms with Gasteiger partial charge < -0.3 is 9.84 Å². The van der Waals surface area contributed by atoms with Crippen molar-refractivity contribution < 1.29 is 9.84 Å². The molecule has 2 nitrogen and oxygen atoms in total. The van der Waals surface area contributed by atoms with E-state index in [9.17, 15) is 0 Å². The molecule has 18 heavy (non-hydrogen) atoms. The largest absolute Gasteiger partial charge is 0.493 e. The smallest absolute Gasteiger partial charge is 0.119 e. The first-order valence-electron chi connectivity index (χ1n) is 6.86. The first-order valence-corrected chi connectivity index (χ1v) is 6.86. The van der Waals surface area contributed by atoms with Crippen LogP contribution in [0.3, 0.4) is 0 Å². The maximum Gasteiger partial charge on any atom is 0.119 e. The number of ether oxygens (including phenoxy) is 1. The normalized spacial score (nSPS) is 29.5. The van der Waals surface area contributed by atoms with E-state index in [4.69, 9.17) is 9.84 Å². The molecule has 0 spiro atoms. The van der Waals surface area contributed by atoms with Crippen LogP contribution in [0.25, 0.3) is 0 Å². The highest BCUT2D eigenvalue weighted by molar-refractivity contribution is 5.26. The summed E-state index contributed by atoms with van der Waals surface area (Å²) in [5, 5.41) is 8.98. The molecule has 0 amide bonds. The van der Waals surface area contributed by atoms with E-state index >= 15 is 0 Å². The third-order valence-electron chi connectivity index (χ3n) is 4.26. The van der Waals surface area contributed by atoms with Gasteiger partial charge in [0.05, 0.1) is 13.2 Å². The summed E-state index contributed by atoms with van der Waals surface area (Å²) in [5.41, 5.74) is 0.933. The lowest BCUT2D eigenvalue weighted by atomic mass is 9.68. The van der Waals surface area contributed by atoms with Crippen molar-refractivity contribution in [1.29, 1.82) is 0 Å². The third kappa shape index (κ3) is 2.44. The van der Waals surface area contributed by atoms with Gasteiger partial charge in [0.1, 0.15) is 5.75 Å². The zero-order valence-electron chi connectivity index (χ0n) is 10.6. The fourth-order valence-electron chi connectivity index (χ4n) is 2.98. The van der Waals surface area contributed by atoms with Gasteiger partial charge in [0.15, 0.2) is 0 Å². The minimum Gasteiger partial charge on any atom is -0.493 e. The lowest BCUT2D eigenvalue weighted by Gasteiger charge is -2.38. The van der Waals surface area contributed by atoms with Crippen LogP contribution in [0, 0.1) is 17.8 Å². The van der Waals surface area contributed by atoms with Crippen LogP contribution < -0.4 is 4.74 Å². The second-order valence-electron chi connectivity index (χ2n) is 5.50. The molecule has 0 aliphatic heterocycles. The highest BCUT2D eigenvalue weighted by Crippen LogP contribution is 2.41.